The number of imide groups is 1. The number of nitrogens with one attached hydrogen (secondary N) is 2. The second kappa shape index (κ2) is 9.13. The highest BCUT2D eigenvalue weighted by atomic mass is 16.4. The summed E-state index contributed by atoms with van der Waals surface area (Å²) in [6, 6.07) is 19.0. The van der Waals surface area contributed by atoms with E-state index in [2.05, 4.69) is 10.3 Å². The van der Waals surface area contributed by atoms with Crippen molar-refractivity contribution in [3.8, 4) is 0 Å². The number of urea groups is 1. The lowest BCUT2D eigenvalue weighted by Gasteiger charge is -2.36. The SMILES string of the molecule is Cc1ccc(C2c3[nH]c4ccccc4c3CC3C(=O)N(c4ccccc4C(=O)NC(C)C(=O)O)C(=O)N32)cc1. The third kappa shape index (κ3) is 3.85. The van der Waals surface area contributed by atoms with Crippen molar-refractivity contribution in [2.45, 2.75) is 38.4 Å². The minimum atomic E-state index is -1.19. The molecule has 9 nitrogen and oxygen atoms in total. The first kappa shape index (κ1) is 24.4. The van der Waals surface area contributed by atoms with Crippen molar-refractivity contribution in [2.75, 3.05) is 4.90 Å². The number of H-pyrrole nitrogens is 1. The number of para-hydroxylation sites is 2. The average Bonchev–Trinajstić information content (AvgIpc) is 3.42. The molecule has 1 saturated heterocycles. The van der Waals surface area contributed by atoms with Crippen molar-refractivity contribution in [1.82, 2.24) is 15.2 Å². The number of aromatic amines is 1. The van der Waals surface area contributed by atoms with Gasteiger partial charge in [-0.3, -0.25) is 19.3 Å². The van der Waals surface area contributed by atoms with Gasteiger partial charge >= 0.3 is 12.0 Å². The third-order valence-corrected chi connectivity index (χ3v) is 7.55. The number of benzene rings is 3. The molecule has 4 amide bonds. The van der Waals surface area contributed by atoms with E-state index in [4.69, 9.17) is 0 Å². The molecule has 0 saturated carbocycles. The van der Waals surface area contributed by atoms with Crippen molar-refractivity contribution >= 4 is 40.4 Å². The fraction of sp³-hybridized carbons (Fsp3) is 0.200. The Morgan fingerprint density at radius 2 is 1.69 bits per heavy atom. The molecule has 6 rings (SSSR count). The summed E-state index contributed by atoms with van der Waals surface area (Å²) >= 11 is 0. The summed E-state index contributed by atoms with van der Waals surface area (Å²) in [5.41, 5.74) is 4.89. The molecule has 3 heterocycles. The topological polar surface area (TPSA) is 123 Å². The number of aryl methyl sites for hydroxylation is 1. The molecule has 1 fully saturated rings. The fourth-order valence-corrected chi connectivity index (χ4v) is 5.59. The molecule has 1 aromatic heterocycles. The van der Waals surface area contributed by atoms with E-state index in [1.807, 2.05) is 55.5 Å². The van der Waals surface area contributed by atoms with Crippen molar-refractivity contribution in [1.29, 1.82) is 0 Å². The number of hydrogen-bond acceptors (Lipinski definition) is 4. The van der Waals surface area contributed by atoms with Crippen molar-refractivity contribution < 1.29 is 24.3 Å². The van der Waals surface area contributed by atoms with Gasteiger partial charge in [-0.1, -0.05) is 60.2 Å². The van der Waals surface area contributed by atoms with Gasteiger partial charge in [-0.05, 0) is 43.2 Å². The Morgan fingerprint density at radius 1 is 1.00 bits per heavy atom. The minimum Gasteiger partial charge on any atom is -0.480 e. The number of carboxylic acids is 1. The Labute approximate surface area is 224 Å². The summed E-state index contributed by atoms with van der Waals surface area (Å²) in [5.74, 6) is -2.31. The average molecular weight is 523 g/mol. The molecule has 0 bridgehead atoms. The molecule has 0 aliphatic carbocycles. The Morgan fingerprint density at radius 3 is 2.44 bits per heavy atom. The maximum atomic E-state index is 14.1. The summed E-state index contributed by atoms with van der Waals surface area (Å²) in [7, 11) is 0. The third-order valence-electron chi connectivity index (χ3n) is 7.55. The summed E-state index contributed by atoms with van der Waals surface area (Å²) < 4.78 is 0. The zero-order valence-electron chi connectivity index (χ0n) is 21.3. The van der Waals surface area contributed by atoms with Crippen molar-refractivity contribution in [3.63, 3.8) is 0 Å². The Kier molecular flexibility index (Phi) is 5.71. The number of fused-ring (bicyclic) bond motifs is 4. The van der Waals surface area contributed by atoms with Crippen LogP contribution in [0.15, 0.2) is 72.8 Å². The van der Waals surface area contributed by atoms with Crippen LogP contribution in [0.3, 0.4) is 0 Å². The highest BCUT2D eigenvalue weighted by molar-refractivity contribution is 6.24. The van der Waals surface area contributed by atoms with Gasteiger partial charge in [0, 0.05) is 23.0 Å². The van der Waals surface area contributed by atoms with E-state index in [0.717, 1.165) is 38.2 Å². The number of aliphatic carboxylic acids is 1. The standard InChI is InChI=1S/C30H26N4O5/c1-16-11-13-18(14-12-16)26-25-21(19-7-3-5-9-22(19)32-25)15-24-28(36)34(30(39)33(24)26)23-10-6-4-8-20(23)27(35)31-17(2)29(37)38/h3-14,17,24,26,32H,15H2,1-2H3,(H,31,35)(H,37,38). The summed E-state index contributed by atoms with van der Waals surface area (Å²) in [4.78, 5) is 58.6. The van der Waals surface area contributed by atoms with Crippen LogP contribution < -0.4 is 10.2 Å². The largest absolute Gasteiger partial charge is 0.480 e. The van der Waals surface area contributed by atoms with Gasteiger partial charge in [-0.2, -0.15) is 0 Å². The predicted octanol–water partition coefficient (Wildman–Crippen LogP) is 4.16. The Bertz CT molecular complexity index is 1660. The van der Waals surface area contributed by atoms with E-state index >= 15 is 0 Å². The van der Waals surface area contributed by atoms with E-state index < -0.39 is 41.9 Å². The maximum Gasteiger partial charge on any atom is 0.332 e. The van der Waals surface area contributed by atoms with Crippen LogP contribution in [-0.2, 0) is 16.0 Å². The lowest BCUT2D eigenvalue weighted by molar-refractivity contribution is -0.138. The second-order valence-electron chi connectivity index (χ2n) is 10.0. The summed E-state index contributed by atoms with van der Waals surface area (Å²) in [6.07, 6.45) is 0.327. The quantitative estimate of drug-likeness (QED) is 0.340. The van der Waals surface area contributed by atoms with E-state index in [1.165, 1.54) is 19.1 Å². The summed E-state index contributed by atoms with van der Waals surface area (Å²) in [6.45, 7) is 3.33. The van der Waals surface area contributed by atoms with Crippen LogP contribution in [0.1, 0.15) is 45.7 Å². The lowest BCUT2D eigenvalue weighted by atomic mass is 9.88. The van der Waals surface area contributed by atoms with E-state index in [0.29, 0.717) is 6.42 Å². The first-order chi connectivity index (χ1) is 18.8. The molecule has 39 heavy (non-hydrogen) atoms. The lowest BCUT2D eigenvalue weighted by Crippen LogP contribution is -2.44. The summed E-state index contributed by atoms with van der Waals surface area (Å²) in [5, 5.41) is 12.7. The molecule has 0 radical (unpaired) electrons. The van der Waals surface area contributed by atoms with Crippen LogP contribution in [0.2, 0.25) is 0 Å². The van der Waals surface area contributed by atoms with E-state index in [1.54, 1.807) is 17.0 Å². The number of rotatable bonds is 5. The molecule has 3 unspecified atom stereocenters. The fourth-order valence-electron chi connectivity index (χ4n) is 5.59. The minimum absolute atomic E-state index is 0.0444. The molecule has 0 spiro atoms. The van der Waals surface area contributed by atoms with Crippen LogP contribution >= 0.6 is 0 Å². The number of carboxylic acid groups (broad SMARTS) is 1. The van der Waals surface area contributed by atoms with Gasteiger partial charge in [0.1, 0.15) is 18.1 Å². The molecule has 3 aromatic carbocycles. The molecular formula is C30H26N4O5. The van der Waals surface area contributed by atoms with Crippen LogP contribution in [-0.4, -0.2) is 50.9 Å². The van der Waals surface area contributed by atoms with Gasteiger partial charge in [0.2, 0.25) is 0 Å². The first-order valence-corrected chi connectivity index (χ1v) is 12.7. The van der Waals surface area contributed by atoms with Crippen LogP contribution in [0.25, 0.3) is 10.9 Å². The van der Waals surface area contributed by atoms with Crippen molar-refractivity contribution in [2.24, 2.45) is 0 Å². The predicted molar refractivity (Wildman–Crippen MR) is 145 cm³/mol. The zero-order chi connectivity index (χ0) is 27.4. The number of hydrogen-bond donors (Lipinski definition) is 3. The monoisotopic (exact) mass is 522 g/mol. The zero-order valence-corrected chi connectivity index (χ0v) is 21.3. The first-order valence-electron chi connectivity index (χ1n) is 12.7. The number of carbonyl (C=O) groups is 4. The molecule has 3 atom stereocenters. The maximum absolute atomic E-state index is 14.1. The Balaban J connectivity index is 1.46. The van der Waals surface area contributed by atoms with Gasteiger partial charge in [0.05, 0.1) is 11.3 Å². The van der Waals surface area contributed by atoms with Gasteiger partial charge < -0.3 is 15.4 Å². The molecule has 196 valence electrons. The molecular weight excluding hydrogens is 496 g/mol. The highest BCUT2D eigenvalue weighted by Gasteiger charge is 2.53. The van der Waals surface area contributed by atoms with Crippen molar-refractivity contribution in [3.05, 3.63) is 101 Å². The van der Waals surface area contributed by atoms with Gasteiger partial charge in [-0.25, -0.2) is 9.69 Å². The van der Waals surface area contributed by atoms with Crippen LogP contribution in [0.5, 0.6) is 0 Å². The number of anilines is 1. The van der Waals surface area contributed by atoms with Gasteiger partial charge in [-0.15, -0.1) is 0 Å². The molecule has 4 aromatic rings. The molecule has 9 heteroatoms. The van der Waals surface area contributed by atoms with E-state index in [9.17, 15) is 24.3 Å². The number of aromatic nitrogens is 1. The highest BCUT2D eigenvalue weighted by Crippen LogP contribution is 2.45. The molecule has 2 aliphatic rings. The van der Waals surface area contributed by atoms with Crippen LogP contribution in [0.4, 0.5) is 10.5 Å². The molecule has 3 N–H and O–H groups in total. The number of amides is 4. The smallest absolute Gasteiger partial charge is 0.332 e. The van der Waals surface area contributed by atoms with E-state index in [-0.39, 0.29) is 11.3 Å². The number of carbonyl (C=O) groups excluding carboxylic acids is 3. The normalized spacial score (nSPS) is 19.1. The number of nitrogens with zero attached hydrogens (tertiary/aromatic N) is 2. The van der Waals surface area contributed by atoms with Gasteiger partial charge in [0.25, 0.3) is 11.8 Å². The van der Waals surface area contributed by atoms with Crippen LogP contribution in [0, 0.1) is 6.92 Å². The molecule has 2 aliphatic heterocycles. The Hall–Kier alpha value is -4.92. The van der Waals surface area contributed by atoms with Gasteiger partial charge in [0.15, 0.2) is 0 Å². The second-order valence-corrected chi connectivity index (χ2v) is 10.0.